The third kappa shape index (κ3) is 9.48. The van der Waals surface area contributed by atoms with E-state index >= 15 is 0 Å². The summed E-state index contributed by atoms with van der Waals surface area (Å²) in [5, 5.41) is 0. The lowest BCUT2D eigenvalue weighted by molar-refractivity contribution is 0.689. The van der Waals surface area contributed by atoms with E-state index in [2.05, 4.69) is 91.4 Å². The van der Waals surface area contributed by atoms with Gasteiger partial charge in [0.1, 0.15) is 0 Å². The van der Waals surface area contributed by atoms with E-state index in [-0.39, 0.29) is 0 Å². The first-order valence-corrected chi connectivity index (χ1v) is 11.6. The van der Waals surface area contributed by atoms with Gasteiger partial charge in [0.15, 0.2) is 0 Å². The number of hydrogen-bond acceptors (Lipinski definition) is 0. The molecule has 162 valence electrons. The standard InChI is InChI=1S/C24H32.C3H8.C2H6/c1-7-24(23-14-12-18(3)21(6)16-23)19(4)9-8-10-22-13-11-17(2)20(5)15-22;1-3-2;1-2/h11-16,24H,4,7-10H2,1-3,5-6H3;3H2,1-2H3;1-2H3. The largest absolute Gasteiger partial charge is 0.0992 e. The molecule has 0 bridgehead atoms. The molecule has 1 unspecified atom stereocenters. The molecule has 0 heterocycles. The van der Waals surface area contributed by atoms with Crippen LogP contribution < -0.4 is 0 Å². The van der Waals surface area contributed by atoms with Crippen molar-refractivity contribution < 1.29 is 0 Å². The summed E-state index contributed by atoms with van der Waals surface area (Å²) in [5.41, 5.74) is 9.78. The molecule has 0 aliphatic carbocycles. The number of benzene rings is 2. The normalized spacial score (nSPS) is 10.9. The maximum Gasteiger partial charge on any atom is 0.00429 e. The Morgan fingerprint density at radius 3 is 1.79 bits per heavy atom. The van der Waals surface area contributed by atoms with E-state index in [0.717, 1.165) is 19.3 Å². The van der Waals surface area contributed by atoms with Crippen LogP contribution in [0.3, 0.4) is 0 Å². The van der Waals surface area contributed by atoms with Gasteiger partial charge in [-0.1, -0.05) is 89.6 Å². The third-order valence-electron chi connectivity index (χ3n) is 5.37. The highest BCUT2D eigenvalue weighted by Crippen LogP contribution is 2.31. The molecule has 0 aromatic heterocycles. The van der Waals surface area contributed by atoms with Crippen molar-refractivity contribution in [1.29, 1.82) is 0 Å². The molecule has 0 nitrogen and oxygen atoms in total. The SMILES string of the molecule is C=C(CCCc1ccc(C)c(C)c1)C(CC)c1ccc(C)c(C)c1.CC.CCC. The van der Waals surface area contributed by atoms with Crippen LogP contribution in [0.5, 0.6) is 0 Å². The van der Waals surface area contributed by atoms with Crippen molar-refractivity contribution >= 4 is 0 Å². The first-order chi connectivity index (χ1) is 13.8. The van der Waals surface area contributed by atoms with Crippen LogP contribution in [0.4, 0.5) is 0 Å². The van der Waals surface area contributed by atoms with E-state index in [1.807, 2.05) is 13.8 Å². The Balaban J connectivity index is 0.00000143. The average Bonchev–Trinajstić information content (AvgIpc) is 2.70. The second-order valence-corrected chi connectivity index (χ2v) is 7.94. The zero-order valence-electron chi connectivity index (χ0n) is 20.8. The van der Waals surface area contributed by atoms with Gasteiger partial charge in [-0.2, -0.15) is 0 Å². The highest BCUT2D eigenvalue weighted by Gasteiger charge is 2.13. The molecule has 0 spiro atoms. The van der Waals surface area contributed by atoms with Crippen LogP contribution in [0.25, 0.3) is 0 Å². The molecular formula is C29H46. The van der Waals surface area contributed by atoms with Crippen molar-refractivity contribution in [1.82, 2.24) is 0 Å². The van der Waals surface area contributed by atoms with Crippen molar-refractivity contribution in [2.75, 3.05) is 0 Å². The number of rotatable bonds is 7. The van der Waals surface area contributed by atoms with Gasteiger partial charge in [-0.25, -0.2) is 0 Å². The second kappa shape index (κ2) is 15.1. The molecule has 0 aliphatic rings. The average molecular weight is 395 g/mol. The highest BCUT2D eigenvalue weighted by molar-refractivity contribution is 5.35. The fourth-order valence-corrected chi connectivity index (χ4v) is 3.39. The quantitative estimate of drug-likeness (QED) is 0.410. The predicted octanol–water partition coefficient (Wildman–Crippen LogP) is 9.44. The Labute approximate surface area is 182 Å². The van der Waals surface area contributed by atoms with Gasteiger partial charge in [0.25, 0.3) is 0 Å². The zero-order valence-corrected chi connectivity index (χ0v) is 20.8. The van der Waals surface area contributed by atoms with Crippen LogP contribution in [-0.2, 0) is 6.42 Å². The molecule has 29 heavy (non-hydrogen) atoms. The van der Waals surface area contributed by atoms with E-state index in [1.165, 1.54) is 51.8 Å². The molecule has 0 N–H and O–H groups in total. The molecule has 0 amide bonds. The Bertz CT molecular complexity index is 721. The monoisotopic (exact) mass is 394 g/mol. The van der Waals surface area contributed by atoms with Gasteiger partial charge in [-0.05, 0) is 86.8 Å². The second-order valence-electron chi connectivity index (χ2n) is 7.94. The van der Waals surface area contributed by atoms with E-state index in [1.54, 1.807) is 0 Å². The summed E-state index contributed by atoms with van der Waals surface area (Å²) in [6, 6.07) is 13.7. The summed E-state index contributed by atoms with van der Waals surface area (Å²) >= 11 is 0. The van der Waals surface area contributed by atoms with Gasteiger partial charge < -0.3 is 0 Å². The summed E-state index contributed by atoms with van der Waals surface area (Å²) in [6.07, 6.45) is 5.81. The summed E-state index contributed by atoms with van der Waals surface area (Å²) in [5.74, 6) is 0.490. The Morgan fingerprint density at radius 1 is 0.793 bits per heavy atom. The molecule has 0 fully saturated rings. The maximum atomic E-state index is 4.42. The molecule has 2 aromatic carbocycles. The molecule has 1 atom stereocenters. The van der Waals surface area contributed by atoms with Gasteiger partial charge >= 0.3 is 0 Å². The third-order valence-corrected chi connectivity index (χ3v) is 5.37. The number of hydrogen-bond donors (Lipinski definition) is 0. The minimum Gasteiger partial charge on any atom is -0.0992 e. The number of aryl methyl sites for hydroxylation is 5. The molecule has 0 radical (unpaired) electrons. The van der Waals surface area contributed by atoms with Gasteiger partial charge in [0.2, 0.25) is 0 Å². The Hall–Kier alpha value is -1.82. The van der Waals surface area contributed by atoms with Crippen LogP contribution >= 0.6 is 0 Å². The van der Waals surface area contributed by atoms with E-state index in [4.69, 9.17) is 0 Å². The first-order valence-electron chi connectivity index (χ1n) is 11.6. The summed E-state index contributed by atoms with van der Waals surface area (Å²) in [4.78, 5) is 0. The lowest BCUT2D eigenvalue weighted by atomic mass is 9.85. The molecule has 2 rings (SSSR count). The Morgan fingerprint density at radius 2 is 1.31 bits per heavy atom. The van der Waals surface area contributed by atoms with Gasteiger partial charge in [0, 0.05) is 5.92 Å². The summed E-state index contributed by atoms with van der Waals surface area (Å²) in [7, 11) is 0. The van der Waals surface area contributed by atoms with E-state index in [0.29, 0.717) is 5.92 Å². The molecule has 0 saturated carbocycles. The fraction of sp³-hybridized carbons (Fsp3) is 0.517. The van der Waals surface area contributed by atoms with Crippen LogP contribution in [0.1, 0.15) is 99.6 Å². The lowest BCUT2D eigenvalue weighted by Crippen LogP contribution is -2.02. The number of allylic oxidation sites excluding steroid dienone is 1. The van der Waals surface area contributed by atoms with E-state index < -0.39 is 0 Å². The molecule has 0 saturated heterocycles. The lowest BCUT2D eigenvalue weighted by Gasteiger charge is -2.20. The minimum absolute atomic E-state index is 0.490. The smallest absolute Gasteiger partial charge is 0.00429 e. The van der Waals surface area contributed by atoms with Crippen molar-refractivity contribution in [3.8, 4) is 0 Å². The van der Waals surface area contributed by atoms with Gasteiger partial charge in [-0.3, -0.25) is 0 Å². The van der Waals surface area contributed by atoms with Crippen LogP contribution in [-0.4, -0.2) is 0 Å². The minimum atomic E-state index is 0.490. The van der Waals surface area contributed by atoms with E-state index in [9.17, 15) is 0 Å². The van der Waals surface area contributed by atoms with Crippen molar-refractivity contribution in [3.05, 3.63) is 81.9 Å². The first kappa shape index (κ1) is 27.2. The fourth-order valence-electron chi connectivity index (χ4n) is 3.39. The van der Waals surface area contributed by atoms with Crippen LogP contribution in [0, 0.1) is 27.7 Å². The summed E-state index contributed by atoms with van der Waals surface area (Å²) in [6.45, 7) is 23.7. The van der Waals surface area contributed by atoms with Gasteiger partial charge in [0.05, 0.1) is 0 Å². The van der Waals surface area contributed by atoms with Crippen LogP contribution in [0.15, 0.2) is 48.6 Å². The summed E-state index contributed by atoms with van der Waals surface area (Å²) < 4.78 is 0. The van der Waals surface area contributed by atoms with Crippen LogP contribution in [0.2, 0.25) is 0 Å². The zero-order chi connectivity index (χ0) is 22.4. The van der Waals surface area contributed by atoms with Crippen molar-refractivity contribution in [2.24, 2.45) is 0 Å². The maximum absolute atomic E-state index is 4.42. The predicted molar refractivity (Wildman–Crippen MR) is 134 cm³/mol. The molecule has 2 aromatic rings. The van der Waals surface area contributed by atoms with Crippen molar-refractivity contribution in [2.45, 2.75) is 100 Å². The topological polar surface area (TPSA) is 0 Å². The van der Waals surface area contributed by atoms with Crippen molar-refractivity contribution in [3.63, 3.8) is 0 Å². The Kier molecular flexibility index (Phi) is 14.1. The molecule has 0 aliphatic heterocycles. The highest BCUT2D eigenvalue weighted by atomic mass is 14.2. The molecule has 0 heteroatoms. The van der Waals surface area contributed by atoms with Gasteiger partial charge in [-0.15, -0.1) is 0 Å². The molecular weight excluding hydrogens is 348 g/mol.